The van der Waals surface area contributed by atoms with Crippen molar-refractivity contribution in [2.24, 2.45) is 0 Å². The summed E-state index contributed by atoms with van der Waals surface area (Å²) in [5.74, 6) is 1.42. The first-order valence-electron chi connectivity index (χ1n) is 31.4. The first-order valence-corrected chi connectivity index (χ1v) is 25.9. The van der Waals surface area contributed by atoms with Gasteiger partial charge in [0.15, 0.2) is 0 Å². The lowest BCUT2D eigenvalue weighted by Crippen LogP contribution is -2.33. The number of nitrogens with zero attached hydrogens (tertiary/aromatic N) is 4. The zero-order valence-corrected chi connectivity index (χ0v) is 44.4. The summed E-state index contributed by atoms with van der Waals surface area (Å²) in [7, 11) is 0. The van der Waals surface area contributed by atoms with E-state index in [1.54, 1.807) is 29.0 Å². The van der Waals surface area contributed by atoms with Gasteiger partial charge >= 0.3 is 0 Å². The first-order chi connectivity index (χ1) is 40.5. The van der Waals surface area contributed by atoms with Gasteiger partial charge < -0.3 is 14.5 Å². The maximum Gasteiger partial charge on any atom is 0.137 e. The van der Waals surface area contributed by atoms with E-state index in [-0.39, 0.29) is 95.2 Å². The monoisotopic (exact) mass is 992 g/mol. The van der Waals surface area contributed by atoms with Crippen LogP contribution in [0, 0.1) is 0 Å². The maximum atomic E-state index is 10.4. The Morgan fingerprint density at radius 2 is 1.16 bits per heavy atom. The Morgan fingerprint density at radius 1 is 0.520 bits per heavy atom. The molecule has 0 saturated heterocycles. The minimum absolute atomic E-state index is 0.0625. The van der Waals surface area contributed by atoms with E-state index in [1.807, 2.05) is 103 Å². The van der Waals surface area contributed by atoms with Crippen molar-refractivity contribution in [1.29, 1.82) is 0 Å². The molecule has 0 radical (unpaired) electrons. The molecule has 0 fully saturated rings. The third-order valence-electron chi connectivity index (χ3n) is 15.3. The van der Waals surface area contributed by atoms with Crippen molar-refractivity contribution in [2.75, 3.05) is 16.5 Å². The Balaban J connectivity index is 1.05. The van der Waals surface area contributed by atoms with Crippen molar-refractivity contribution < 1.29 is 19.8 Å². The van der Waals surface area contributed by atoms with Crippen molar-refractivity contribution in [3.8, 4) is 50.7 Å². The fourth-order valence-corrected chi connectivity index (χ4v) is 10.8. The summed E-state index contributed by atoms with van der Waals surface area (Å²) in [5.41, 5.74) is 6.97. The van der Waals surface area contributed by atoms with Crippen molar-refractivity contribution in [3.63, 3.8) is 0 Å². The van der Waals surface area contributed by atoms with Gasteiger partial charge in [-0.3, -0.25) is 4.57 Å². The lowest BCUT2D eigenvalue weighted by atomic mass is 9.63. The van der Waals surface area contributed by atoms with Gasteiger partial charge in [0, 0.05) is 45.9 Å². The molecular weight excluding hydrogens is 913 g/mol. The molecule has 0 N–H and O–H groups in total. The smallest absolute Gasteiger partial charge is 0.137 e. The molecule has 1 aliphatic heterocycles. The van der Waals surface area contributed by atoms with Gasteiger partial charge in [0.05, 0.1) is 43.2 Å². The molecule has 0 bridgehead atoms. The van der Waals surface area contributed by atoms with Crippen LogP contribution in [0.5, 0.6) is 11.5 Å². The molecule has 5 nitrogen and oxygen atoms in total. The molecule has 0 saturated carbocycles. The number of para-hydroxylation sites is 3. The van der Waals surface area contributed by atoms with Crippen LogP contribution < -0.4 is 14.5 Å². The van der Waals surface area contributed by atoms with Gasteiger partial charge in [-0.25, -0.2) is 4.98 Å². The Hall–Kier alpha value is -7.89. The summed E-state index contributed by atoms with van der Waals surface area (Å²) in [4.78, 5) is 8.96. The molecule has 75 heavy (non-hydrogen) atoms. The van der Waals surface area contributed by atoms with E-state index in [9.17, 15) is 9.60 Å². The van der Waals surface area contributed by atoms with Gasteiger partial charge in [0.25, 0.3) is 0 Å². The van der Waals surface area contributed by atoms with Crippen LogP contribution >= 0.6 is 0 Å². The molecule has 12 rings (SSSR count). The highest BCUT2D eigenvalue weighted by Gasteiger charge is 2.38. The SMILES string of the molecule is [2H]c1c([2H])c(-c2cc(C(C)(C)C)cc(-c3c([2H])c([2H])c4c(c3[2H])C(C)(C)CCC4(C)C)c2N2CN(c3cccc(Oc4ccc5c6c([2H])c([2H])c([2H])c([2H])c6n(-c6cc(C(C)(C)C)ccn6)c5c4)c3)c3ccccc32)c([2H])c([2H])c1-c1ccccc1. The molecule has 0 unspecified atom stereocenters. The summed E-state index contributed by atoms with van der Waals surface area (Å²) in [6, 6.07) is 36.1. The van der Waals surface area contributed by atoms with Gasteiger partial charge in [0.1, 0.15) is 24.0 Å². The maximum absolute atomic E-state index is 10.4. The van der Waals surface area contributed by atoms with Crippen LogP contribution in [0.15, 0.2) is 194 Å². The molecule has 3 heterocycles. The number of hydrogen-bond donors (Lipinski definition) is 0. The van der Waals surface area contributed by atoms with Gasteiger partial charge in [-0.15, -0.1) is 0 Å². The van der Waals surface area contributed by atoms with Crippen molar-refractivity contribution in [2.45, 2.75) is 104 Å². The molecule has 8 aromatic carbocycles. The zero-order chi connectivity index (χ0) is 61.6. The number of hydrogen-bond acceptors (Lipinski definition) is 4. The Labute approximate surface area is 459 Å². The van der Waals surface area contributed by atoms with Crippen LogP contribution in [0.25, 0.3) is 61.0 Å². The summed E-state index contributed by atoms with van der Waals surface area (Å²) in [6.45, 7) is 21.1. The Bertz CT molecular complexity index is 4450. The molecular formula is C70H68N4O. The molecule has 374 valence electrons. The molecule has 0 amide bonds. The molecule has 5 heteroatoms. The fourth-order valence-electron chi connectivity index (χ4n) is 10.8. The second-order valence-corrected chi connectivity index (χ2v) is 23.5. The largest absolute Gasteiger partial charge is 0.457 e. The van der Waals surface area contributed by atoms with E-state index in [4.69, 9.17) is 15.2 Å². The Morgan fingerprint density at radius 3 is 1.89 bits per heavy atom. The third kappa shape index (κ3) is 8.66. The van der Waals surface area contributed by atoms with Gasteiger partial charge in [0.2, 0.25) is 0 Å². The molecule has 2 aliphatic rings. The van der Waals surface area contributed by atoms with E-state index in [0.717, 1.165) is 46.6 Å². The standard InChI is InChI=1S/C70H68N4O/c1-67(2,3)50-35-38-71-65(42-50)74-61-24-15-14-23-55(61)56-33-32-54(44-64(56)74)75-53-22-18-21-52(43-53)72-45-73(63-26-17-16-25-62(63)72)66-57(48-29-27-47(28-30-48)46-19-12-11-13-20-46)40-51(68(4,5)6)41-58(66)49-31-34-59-60(39-49)70(9,10)37-36-69(59,7)8/h11-35,38-44H,36-37,45H2,1-10H3/i14D,15D,23D,24D,27D,28D,29D,30D,31D,34D,39D. The first kappa shape index (κ1) is 36.9. The van der Waals surface area contributed by atoms with Crippen LogP contribution in [0.1, 0.15) is 119 Å². The van der Waals surface area contributed by atoms with E-state index in [2.05, 4.69) is 79.0 Å². The predicted molar refractivity (Wildman–Crippen MR) is 316 cm³/mol. The number of fused-ring (bicyclic) bond motifs is 5. The predicted octanol–water partition coefficient (Wildman–Crippen LogP) is 19.2. The highest BCUT2D eigenvalue weighted by molar-refractivity contribution is 6.09. The second-order valence-electron chi connectivity index (χ2n) is 23.5. The van der Waals surface area contributed by atoms with E-state index in [1.165, 1.54) is 0 Å². The van der Waals surface area contributed by atoms with Crippen LogP contribution in [0.3, 0.4) is 0 Å². The quantitative estimate of drug-likeness (QED) is 0.152. The lowest BCUT2D eigenvalue weighted by molar-refractivity contribution is 0.332. The van der Waals surface area contributed by atoms with Crippen molar-refractivity contribution in [3.05, 3.63) is 216 Å². The lowest BCUT2D eigenvalue weighted by Gasteiger charge is -2.42. The summed E-state index contributed by atoms with van der Waals surface area (Å²) < 4.78 is 114. The highest BCUT2D eigenvalue weighted by atomic mass is 16.5. The van der Waals surface area contributed by atoms with Crippen molar-refractivity contribution in [1.82, 2.24) is 9.55 Å². The van der Waals surface area contributed by atoms with Crippen LogP contribution in [-0.4, -0.2) is 16.2 Å². The summed E-state index contributed by atoms with van der Waals surface area (Å²) in [6.07, 6.45) is 3.28. The molecule has 0 spiro atoms. The van der Waals surface area contributed by atoms with Crippen molar-refractivity contribution >= 4 is 44.6 Å². The second kappa shape index (κ2) is 17.9. The van der Waals surface area contributed by atoms with Gasteiger partial charge in [-0.05, 0) is 146 Å². The molecule has 1 aliphatic carbocycles. The number of anilines is 4. The van der Waals surface area contributed by atoms with Crippen LogP contribution in [0.4, 0.5) is 22.7 Å². The van der Waals surface area contributed by atoms with Crippen LogP contribution in [0.2, 0.25) is 0 Å². The average Bonchev–Trinajstić information content (AvgIpc) is 1.11. The third-order valence-corrected chi connectivity index (χ3v) is 15.3. The number of aromatic nitrogens is 2. The zero-order valence-electron chi connectivity index (χ0n) is 55.4. The molecule has 2 aromatic heterocycles. The fraction of sp³-hybridized carbons (Fsp3) is 0.243. The number of ether oxygens (including phenoxy) is 1. The van der Waals surface area contributed by atoms with Crippen LogP contribution in [-0.2, 0) is 21.7 Å². The summed E-state index contributed by atoms with van der Waals surface area (Å²) >= 11 is 0. The normalized spacial score (nSPS) is 17.1. The van der Waals surface area contributed by atoms with Gasteiger partial charge in [-0.1, -0.05) is 178 Å². The van der Waals surface area contributed by atoms with E-state index < -0.39 is 16.2 Å². The number of benzene rings is 8. The Kier molecular flexibility index (Phi) is 8.82. The molecule has 10 aromatic rings. The highest BCUT2D eigenvalue weighted by Crippen LogP contribution is 2.54. The number of rotatable bonds is 8. The topological polar surface area (TPSA) is 33.5 Å². The minimum atomic E-state index is -0.565. The van der Waals surface area contributed by atoms with Gasteiger partial charge in [-0.2, -0.15) is 0 Å². The van der Waals surface area contributed by atoms with E-state index >= 15 is 0 Å². The summed E-state index contributed by atoms with van der Waals surface area (Å²) in [5, 5.41) is 0.982. The average molecular weight is 992 g/mol. The molecule has 0 atom stereocenters. The minimum Gasteiger partial charge on any atom is -0.457 e. The van der Waals surface area contributed by atoms with E-state index in [0.29, 0.717) is 67.1 Å². The number of pyridine rings is 1.